The Morgan fingerprint density at radius 2 is 2.32 bits per heavy atom. The quantitative estimate of drug-likeness (QED) is 0.841. The molecule has 0 unspecified atom stereocenters. The zero-order valence-corrected chi connectivity index (χ0v) is 12.3. The van der Waals surface area contributed by atoms with E-state index in [0.717, 1.165) is 17.7 Å². The first kappa shape index (κ1) is 13.3. The summed E-state index contributed by atoms with van der Waals surface area (Å²) in [7, 11) is 3.77. The van der Waals surface area contributed by atoms with E-state index in [4.69, 9.17) is 4.74 Å². The number of benzene rings is 1. The molecule has 4 heteroatoms. The van der Waals surface area contributed by atoms with Crippen molar-refractivity contribution in [1.29, 1.82) is 0 Å². The highest BCUT2D eigenvalue weighted by Crippen LogP contribution is 2.48. The van der Waals surface area contributed by atoms with E-state index in [2.05, 4.69) is 11.9 Å². The largest absolute Gasteiger partial charge is 0.493 e. The van der Waals surface area contributed by atoms with Gasteiger partial charge in [-0.1, -0.05) is 0 Å². The summed E-state index contributed by atoms with van der Waals surface area (Å²) in [5.41, 5.74) is 1.10. The molecule has 19 heavy (non-hydrogen) atoms. The van der Waals surface area contributed by atoms with Gasteiger partial charge in [-0.25, -0.2) is 4.39 Å². The zero-order chi connectivity index (χ0) is 13.4. The number of thioether (sulfide) groups is 1. The van der Waals surface area contributed by atoms with Gasteiger partial charge in [-0.05, 0) is 50.9 Å². The molecule has 104 valence electrons. The molecule has 0 aromatic heterocycles. The Labute approximate surface area is 118 Å². The Hall–Kier alpha value is -0.740. The highest BCUT2D eigenvalue weighted by atomic mass is 32.2. The van der Waals surface area contributed by atoms with Crippen LogP contribution in [-0.2, 0) is 0 Å². The molecule has 2 nitrogen and oxygen atoms in total. The fraction of sp³-hybridized carbons (Fsp3) is 0.600. The van der Waals surface area contributed by atoms with Crippen molar-refractivity contribution in [2.75, 3.05) is 26.5 Å². The molecule has 0 bridgehead atoms. The van der Waals surface area contributed by atoms with Gasteiger partial charge in [0, 0.05) is 22.3 Å². The van der Waals surface area contributed by atoms with Crippen molar-refractivity contribution in [2.24, 2.45) is 0 Å². The Kier molecular flexibility index (Phi) is 3.72. The van der Waals surface area contributed by atoms with Gasteiger partial charge in [-0.15, -0.1) is 11.8 Å². The van der Waals surface area contributed by atoms with Crippen molar-refractivity contribution in [3.05, 3.63) is 23.5 Å². The molecule has 0 radical (unpaired) electrons. The Morgan fingerprint density at radius 1 is 1.47 bits per heavy atom. The number of nitrogens with zero attached hydrogens (tertiary/aromatic N) is 1. The maximum absolute atomic E-state index is 13.9. The second kappa shape index (κ2) is 5.33. The van der Waals surface area contributed by atoms with E-state index in [9.17, 15) is 4.39 Å². The lowest BCUT2D eigenvalue weighted by Crippen LogP contribution is -2.26. The van der Waals surface area contributed by atoms with Gasteiger partial charge in [0.25, 0.3) is 0 Å². The Bertz CT molecular complexity index is 479. The van der Waals surface area contributed by atoms with Crippen LogP contribution in [0.2, 0.25) is 0 Å². The van der Waals surface area contributed by atoms with Crippen LogP contribution in [0.15, 0.2) is 17.0 Å². The zero-order valence-electron chi connectivity index (χ0n) is 11.5. The van der Waals surface area contributed by atoms with Gasteiger partial charge in [0.1, 0.15) is 0 Å². The maximum Gasteiger partial charge on any atom is 0.165 e. The molecule has 0 spiro atoms. The van der Waals surface area contributed by atoms with Crippen LogP contribution in [-0.4, -0.2) is 37.4 Å². The summed E-state index contributed by atoms with van der Waals surface area (Å²) >= 11 is 1.83. The molecular formula is C15H20FNOS. The van der Waals surface area contributed by atoms with Crippen molar-refractivity contribution in [3.63, 3.8) is 0 Å². The van der Waals surface area contributed by atoms with Crippen LogP contribution < -0.4 is 4.74 Å². The van der Waals surface area contributed by atoms with Crippen LogP contribution in [0.25, 0.3) is 0 Å². The lowest BCUT2D eigenvalue weighted by atomic mass is 9.92. The SMILES string of the molecule is COc1c(F)ccc2c1[C@@H](C[C@H]1CCCN1C)CS2. The van der Waals surface area contributed by atoms with Crippen LogP contribution in [0.5, 0.6) is 5.75 Å². The van der Waals surface area contributed by atoms with Crippen LogP contribution in [0.1, 0.15) is 30.7 Å². The maximum atomic E-state index is 13.9. The molecule has 1 fully saturated rings. The van der Waals surface area contributed by atoms with E-state index >= 15 is 0 Å². The molecule has 1 aromatic rings. The number of ether oxygens (including phenoxy) is 1. The third kappa shape index (κ3) is 2.36. The summed E-state index contributed by atoms with van der Waals surface area (Å²) in [5.74, 6) is 1.72. The number of hydrogen-bond acceptors (Lipinski definition) is 3. The van der Waals surface area contributed by atoms with Gasteiger partial charge in [-0.3, -0.25) is 0 Å². The smallest absolute Gasteiger partial charge is 0.165 e. The molecular weight excluding hydrogens is 261 g/mol. The molecule has 0 amide bonds. The molecule has 2 aliphatic heterocycles. The van der Waals surface area contributed by atoms with Crippen LogP contribution >= 0.6 is 11.8 Å². The fourth-order valence-electron chi connectivity index (χ4n) is 3.34. The topological polar surface area (TPSA) is 12.5 Å². The normalized spacial score (nSPS) is 26.7. The fourth-order valence-corrected chi connectivity index (χ4v) is 4.60. The molecule has 2 heterocycles. The van der Waals surface area contributed by atoms with Gasteiger partial charge in [0.2, 0.25) is 0 Å². The van der Waals surface area contributed by atoms with Crippen molar-refractivity contribution >= 4 is 11.8 Å². The summed E-state index contributed by atoms with van der Waals surface area (Å²) in [6.07, 6.45) is 3.68. The average molecular weight is 281 g/mol. The van der Waals surface area contributed by atoms with Crippen molar-refractivity contribution in [2.45, 2.75) is 36.1 Å². The van der Waals surface area contributed by atoms with E-state index in [0.29, 0.717) is 17.7 Å². The number of hydrogen-bond donors (Lipinski definition) is 0. The van der Waals surface area contributed by atoms with Crippen molar-refractivity contribution in [3.8, 4) is 5.75 Å². The minimum absolute atomic E-state index is 0.228. The Balaban J connectivity index is 1.86. The average Bonchev–Trinajstić information content (AvgIpc) is 2.98. The third-order valence-corrected chi connectivity index (χ3v) is 5.62. The van der Waals surface area contributed by atoms with E-state index in [1.165, 1.54) is 30.3 Å². The first-order chi connectivity index (χ1) is 9.20. The predicted octanol–water partition coefficient (Wildman–Crippen LogP) is 3.51. The van der Waals surface area contributed by atoms with Crippen molar-refractivity contribution in [1.82, 2.24) is 4.90 Å². The standard InChI is InChI=1S/C15H20FNOS/c1-17-7-3-4-11(17)8-10-9-19-13-6-5-12(16)15(18-2)14(10)13/h5-6,10-11H,3-4,7-9H2,1-2H3/t10-,11+/m0/s1. The van der Waals surface area contributed by atoms with E-state index in [-0.39, 0.29) is 5.82 Å². The molecule has 1 saturated heterocycles. The minimum atomic E-state index is -0.228. The number of methoxy groups -OCH3 is 1. The molecule has 0 N–H and O–H groups in total. The molecule has 1 aromatic carbocycles. The second-order valence-corrected chi connectivity index (χ2v) is 6.57. The highest BCUT2D eigenvalue weighted by Gasteiger charge is 2.33. The first-order valence-corrected chi connectivity index (χ1v) is 7.88. The summed E-state index contributed by atoms with van der Waals surface area (Å²) in [5, 5.41) is 0. The minimum Gasteiger partial charge on any atom is -0.493 e. The molecule has 0 aliphatic carbocycles. The Morgan fingerprint density at radius 3 is 3.00 bits per heavy atom. The lowest BCUT2D eigenvalue weighted by molar-refractivity contribution is 0.283. The van der Waals surface area contributed by atoms with E-state index < -0.39 is 0 Å². The number of rotatable bonds is 3. The van der Waals surface area contributed by atoms with Crippen LogP contribution in [0.3, 0.4) is 0 Å². The summed E-state index contributed by atoms with van der Waals surface area (Å²) < 4.78 is 19.2. The van der Waals surface area contributed by atoms with Gasteiger partial charge in [-0.2, -0.15) is 0 Å². The highest BCUT2D eigenvalue weighted by molar-refractivity contribution is 7.99. The monoisotopic (exact) mass is 281 g/mol. The molecule has 2 atom stereocenters. The predicted molar refractivity (Wildman–Crippen MR) is 76.7 cm³/mol. The lowest BCUT2D eigenvalue weighted by Gasteiger charge is -2.23. The second-order valence-electron chi connectivity index (χ2n) is 5.51. The summed E-state index contributed by atoms with van der Waals surface area (Å²) in [6, 6.07) is 4.06. The molecule has 3 rings (SSSR count). The number of likely N-dealkylation sites (tertiary alicyclic amines) is 1. The van der Waals surface area contributed by atoms with Crippen LogP contribution in [0.4, 0.5) is 4.39 Å². The van der Waals surface area contributed by atoms with Crippen molar-refractivity contribution < 1.29 is 9.13 Å². The summed E-state index contributed by atoms with van der Waals surface area (Å²) in [6.45, 7) is 1.19. The van der Waals surface area contributed by atoms with E-state index in [1.54, 1.807) is 7.11 Å². The van der Waals surface area contributed by atoms with Gasteiger partial charge in [0.05, 0.1) is 7.11 Å². The first-order valence-electron chi connectivity index (χ1n) is 6.90. The van der Waals surface area contributed by atoms with Gasteiger partial charge < -0.3 is 9.64 Å². The third-order valence-electron chi connectivity index (χ3n) is 4.39. The van der Waals surface area contributed by atoms with Crippen LogP contribution in [0, 0.1) is 5.82 Å². The number of fused-ring (bicyclic) bond motifs is 1. The number of halogens is 1. The molecule has 2 aliphatic rings. The summed E-state index contributed by atoms with van der Waals surface area (Å²) in [4.78, 5) is 3.64. The van der Waals surface area contributed by atoms with Gasteiger partial charge >= 0.3 is 0 Å². The van der Waals surface area contributed by atoms with E-state index in [1.807, 2.05) is 17.8 Å². The van der Waals surface area contributed by atoms with Gasteiger partial charge in [0.15, 0.2) is 11.6 Å². The molecule has 0 saturated carbocycles.